The fourth-order valence-corrected chi connectivity index (χ4v) is 1.20. The summed E-state index contributed by atoms with van der Waals surface area (Å²) in [6, 6.07) is 3.57. The Hall–Kier alpha value is -1.42. The summed E-state index contributed by atoms with van der Waals surface area (Å²) in [4.78, 5) is 4.34. The van der Waals surface area contributed by atoms with Crippen LogP contribution in [0.1, 0.15) is 36.7 Å². The topological polar surface area (TPSA) is 69.0 Å². The van der Waals surface area contributed by atoms with Gasteiger partial charge in [-0.05, 0) is 25.0 Å². The predicted octanol–water partition coefficient (Wildman–Crippen LogP) is 1.82. The van der Waals surface area contributed by atoms with Gasteiger partial charge in [0.25, 0.3) is 0 Å². The van der Waals surface area contributed by atoms with Crippen LogP contribution in [0.15, 0.2) is 12.1 Å². The third kappa shape index (κ3) is 2.29. The molecule has 4 heteroatoms. The minimum atomic E-state index is -0.00241. The summed E-state index contributed by atoms with van der Waals surface area (Å²) in [5.41, 5.74) is 4.27. The molecule has 1 aromatic rings. The number of hydrogen-bond acceptors (Lipinski definition) is 3. The molecule has 0 spiro atoms. The van der Waals surface area contributed by atoms with E-state index >= 15 is 0 Å². The molecular weight excluding hydrogens is 178 g/mol. The maximum atomic E-state index is 8.61. The van der Waals surface area contributed by atoms with Gasteiger partial charge in [0, 0.05) is 17.0 Å². The second kappa shape index (κ2) is 4.19. The maximum Gasteiger partial charge on any atom is 0.149 e. The van der Waals surface area contributed by atoms with Crippen LogP contribution >= 0.6 is 0 Å². The fourth-order valence-electron chi connectivity index (χ4n) is 1.20. The number of aromatic nitrogens is 1. The van der Waals surface area contributed by atoms with Crippen molar-refractivity contribution in [2.45, 2.75) is 26.7 Å². The zero-order valence-electron chi connectivity index (χ0n) is 8.63. The average Bonchev–Trinajstić information content (AvgIpc) is 2.15. The molecule has 0 amide bonds. The first-order chi connectivity index (χ1) is 6.54. The molecule has 0 saturated carbocycles. The Morgan fingerprint density at radius 1 is 1.50 bits per heavy atom. The van der Waals surface area contributed by atoms with Crippen molar-refractivity contribution >= 4 is 5.84 Å². The fraction of sp³-hybridized carbons (Fsp3) is 0.400. The van der Waals surface area contributed by atoms with Gasteiger partial charge in [0.05, 0.1) is 0 Å². The molecule has 0 aliphatic heterocycles. The van der Waals surface area contributed by atoms with Crippen LogP contribution in [0.5, 0.6) is 0 Å². The first kappa shape index (κ1) is 10.7. The smallest absolute Gasteiger partial charge is 0.149 e. The Kier molecular flexibility index (Phi) is 3.19. The van der Waals surface area contributed by atoms with Gasteiger partial charge in [0.2, 0.25) is 0 Å². The number of hydrogen-bond donors (Lipinski definition) is 3. The first-order valence-electron chi connectivity index (χ1n) is 4.52. The van der Waals surface area contributed by atoms with E-state index in [2.05, 4.69) is 4.98 Å². The van der Waals surface area contributed by atoms with Gasteiger partial charge in [-0.3, -0.25) is 21.1 Å². The lowest BCUT2D eigenvalue weighted by molar-refractivity contribution is 0.234. The number of rotatable bonds is 2. The number of aryl methyl sites for hydroxylation is 1. The van der Waals surface area contributed by atoms with E-state index in [4.69, 9.17) is 10.6 Å². The van der Waals surface area contributed by atoms with Crippen LogP contribution in [-0.2, 0) is 0 Å². The van der Waals surface area contributed by atoms with Crippen molar-refractivity contribution in [3.05, 3.63) is 29.1 Å². The molecule has 76 valence electrons. The van der Waals surface area contributed by atoms with Crippen LogP contribution in [0, 0.1) is 12.3 Å². The number of pyridine rings is 1. The monoisotopic (exact) mass is 193 g/mol. The second-order valence-corrected chi connectivity index (χ2v) is 3.56. The Bertz CT molecular complexity index is 347. The second-order valence-electron chi connectivity index (χ2n) is 3.56. The Balaban J connectivity index is 3.13. The molecule has 0 saturated heterocycles. The molecule has 0 unspecified atom stereocenters. The van der Waals surface area contributed by atoms with Gasteiger partial charge in [-0.2, -0.15) is 0 Å². The van der Waals surface area contributed by atoms with E-state index in [1.165, 1.54) is 0 Å². The van der Waals surface area contributed by atoms with Gasteiger partial charge >= 0.3 is 0 Å². The van der Waals surface area contributed by atoms with Gasteiger partial charge < -0.3 is 0 Å². The van der Waals surface area contributed by atoms with Gasteiger partial charge in [-0.15, -0.1) is 0 Å². The van der Waals surface area contributed by atoms with Crippen LogP contribution in [-0.4, -0.2) is 16.0 Å². The van der Waals surface area contributed by atoms with Crippen molar-refractivity contribution in [3.63, 3.8) is 0 Å². The van der Waals surface area contributed by atoms with Crippen molar-refractivity contribution in [2.75, 3.05) is 0 Å². The molecule has 4 nitrogen and oxygen atoms in total. The lowest BCUT2D eigenvalue weighted by Crippen LogP contribution is -2.19. The number of hydroxylamine groups is 1. The van der Waals surface area contributed by atoms with Gasteiger partial charge in [-0.25, -0.2) is 0 Å². The van der Waals surface area contributed by atoms with Crippen molar-refractivity contribution in [1.82, 2.24) is 10.5 Å². The van der Waals surface area contributed by atoms with E-state index in [-0.39, 0.29) is 5.84 Å². The van der Waals surface area contributed by atoms with E-state index in [0.29, 0.717) is 11.5 Å². The van der Waals surface area contributed by atoms with Crippen molar-refractivity contribution in [3.8, 4) is 0 Å². The summed E-state index contributed by atoms with van der Waals surface area (Å²) in [6.07, 6.45) is 0. The highest BCUT2D eigenvalue weighted by Gasteiger charge is 2.06. The zero-order chi connectivity index (χ0) is 10.7. The standard InChI is InChI=1S/C10H15N3O/c1-6(2)9-5-8(10(11)13-14)4-7(3)12-9/h4-6,14H,1-3H3,(H2,11,13). The largest absolute Gasteiger partial charge is 0.290 e. The minimum absolute atomic E-state index is 0.00241. The third-order valence-corrected chi connectivity index (χ3v) is 1.97. The molecular formula is C10H15N3O. The molecule has 1 rings (SSSR count). The van der Waals surface area contributed by atoms with E-state index < -0.39 is 0 Å². The Morgan fingerprint density at radius 2 is 2.14 bits per heavy atom. The van der Waals surface area contributed by atoms with E-state index in [0.717, 1.165) is 11.4 Å². The summed E-state index contributed by atoms with van der Waals surface area (Å²) >= 11 is 0. The highest BCUT2D eigenvalue weighted by Crippen LogP contribution is 2.14. The Morgan fingerprint density at radius 3 is 2.64 bits per heavy atom. The van der Waals surface area contributed by atoms with Gasteiger partial charge in [0.15, 0.2) is 0 Å². The SMILES string of the molecule is Cc1cc(C(=N)NO)cc(C(C)C)n1. The quantitative estimate of drug-likeness (QED) is 0.381. The van der Waals surface area contributed by atoms with Crippen LogP contribution in [0.3, 0.4) is 0 Å². The van der Waals surface area contributed by atoms with Crippen molar-refractivity contribution in [2.24, 2.45) is 0 Å². The third-order valence-electron chi connectivity index (χ3n) is 1.97. The molecule has 14 heavy (non-hydrogen) atoms. The summed E-state index contributed by atoms with van der Waals surface area (Å²) in [6.45, 7) is 5.96. The molecule has 0 aliphatic carbocycles. The normalized spacial score (nSPS) is 10.4. The molecule has 3 N–H and O–H groups in total. The number of nitrogens with one attached hydrogen (secondary N) is 2. The lowest BCUT2D eigenvalue weighted by Gasteiger charge is -2.09. The summed E-state index contributed by atoms with van der Waals surface area (Å²) in [5, 5.41) is 16.0. The van der Waals surface area contributed by atoms with Crippen LogP contribution in [0.4, 0.5) is 0 Å². The van der Waals surface area contributed by atoms with Crippen LogP contribution in [0.2, 0.25) is 0 Å². The van der Waals surface area contributed by atoms with Crippen LogP contribution in [0.25, 0.3) is 0 Å². The molecule has 0 atom stereocenters. The van der Waals surface area contributed by atoms with Gasteiger partial charge in [0.1, 0.15) is 5.84 Å². The average molecular weight is 193 g/mol. The molecule has 1 heterocycles. The van der Waals surface area contributed by atoms with Crippen molar-refractivity contribution in [1.29, 1.82) is 5.41 Å². The molecule has 1 aromatic heterocycles. The first-order valence-corrected chi connectivity index (χ1v) is 4.52. The molecule has 0 radical (unpaired) electrons. The maximum absolute atomic E-state index is 8.61. The molecule has 0 bridgehead atoms. The molecule has 0 fully saturated rings. The summed E-state index contributed by atoms with van der Waals surface area (Å²) < 4.78 is 0. The highest BCUT2D eigenvalue weighted by atomic mass is 16.5. The van der Waals surface area contributed by atoms with Gasteiger partial charge in [-0.1, -0.05) is 13.8 Å². The predicted molar refractivity (Wildman–Crippen MR) is 54.8 cm³/mol. The summed E-state index contributed by atoms with van der Waals surface area (Å²) in [7, 11) is 0. The van der Waals surface area contributed by atoms with Crippen molar-refractivity contribution < 1.29 is 5.21 Å². The van der Waals surface area contributed by atoms with E-state index in [9.17, 15) is 0 Å². The summed E-state index contributed by atoms with van der Waals surface area (Å²) in [5.74, 6) is 0.317. The number of nitrogens with zero attached hydrogens (tertiary/aromatic N) is 1. The zero-order valence-corrected chi connectivity index (χ0v) is 8.63. The molecule has 0 aliphatic rings. The van der Waals surface area contributed by atoms with E-state index in [1.54, 1.807) is 6.07 Å². The highest BCUT2D eigenvalue weighted by molar-refractivity contribution is 5.95. The molecule has 0 aromatic carbocycles. The minimum Gasteiger partial charge on any atom is -0.290 e. The Labute approximate surface area is 83.5 Å². The van der Waals surface area contributed by atoms with E-state index in [1.807, 2.05) is 32.3 Å². The van der Waals surface area contributed by atoms with Crippen LogP contribution < -0.4 is 5.48 Å². The lowest BCUT2D eigenvalue weighted by atomic mass is 10.1. The number of amidine groups is 1.